The fraction of sp³-hybridized carbons (Fsp3) is 0.364. The van der Waals surface area contributed by atoms with E-state index in [-0.39, 0.29) is 10.8 Å². The number of piperidine rings is 1. The number of furan rings is 1. The summed E-state index contributed by atoms with van der Waals surface area (Å²) in [4.78, 5) is 26.7. The predicted molar refractivity (Wildman–Crippen MR) is 117 cm³/mol. The molecule has 30 heavy (non-hydrogen) atoms. The van der Waals surface area contributed by atoms with Crippen LogP contribution in [-0.4, -0.2) is 42.6 Å². The van der Waals surface area contributed by atoms with Gasteiger partial charge in [0.1, 0.15) is 29.7 Å². The highest BCUT2D eigenvalue weighted by Crippen LogP contribution is 2.43. The number of carbonyl (C=O) groups is 2. The minimum absolute atomic E-state index is 0.102. The summed E-state index contributed by atoms with van der Waals surface area (Å²) in [5.41, 5.74) is 1.18. The molecule has 3 rings (SSSR count). The number of likely N-dealkylation sites (tertiary alicyclic amines) is 1. The lowest BCUT2D eigenvalue weighted by molar-refractivity contribution is -0.147. The van der Waals surface area contributed by atoms with Crippen molar-refractivity contribution in [1.29, 1.82) is 0 Å². The Labute approximate surface area is 183 Å². The van der Waals surface area contributed by atoms with E-state index in [1.807, 2.05) is 24.8 Å². The zero-order valence-electron chi connectivity index (χ0n) is 17.1. The van der Waals surface area contributed by atoms with E-state index in [2.05, 4.69) is 0 Å². The molecule has 2 heterocycles. The molecule has 1 aliphatic heterocycles. The van der Waals surface area contributed by atoms with Crippen LogP contribution in [0.3, 0.4) is 0 Å². The van der Waals surface area contributed by atoms with Crippen molar-refractivity contribution in [2.24, 2.45) is 0 Å². The molecule has 0 radical (unpaired) electrons. The Morgan fingerprint density at radius 2 is 2.13 bits per heavy atom. The number of aldehydes is 1. The number of hydrogen-bond acceptors (Lipinski definition) is 7. The molecule has 0 bridgehead atoms. The van der Waals surface area contributed by atoms with Crippen LogP contribution in [0.2, 0.25) is 0 Å². The van der Waals surface area contributed by atoms with Crippen LogP contribution in [0.25, 0.3) is 0 Å². The highest BCUT2D eigenvalue weighted by molar-refractivity contribution is 8.77. The van der Waals surface area contributed by atoms with Crippen LogP contribution < -0.4 is 0 Å². The second kappa shape index (κ2) is 10.3. The number of carbonyl (C=O) groups excluding carboxylic acids is 2. The van der Waals surface area contributed by atoms with Gasteiger partial charge in [0.25, 0.3) is 0 Å². The van der Waals surface area contributed by atoms with E-state index in [0.29, 0.717) is 13.1 Å². The average Bonchev–Trinajstić information content (AvgIpc) is 3.06. The topological polar surface area (TPSA) is 59.8 Å². The lowest BCUT2D eigenvalue weighted by atomic mass is 9.98. The van der Waals surface area contributed by atoms with Gasteiger partial charge in [0.15, 0.2) is 0 Å². The van der Waals surface area contributed by atoms with Gasteiger partial charge in [-0.1, -0.05) is 39.8 Å². The van der Waals surface area contributed by atoms with E-state index in [0.717, 1.165) is 34.7 Å². The van der Waals surface area contributed by atoms with Gasteiger partial charge in [-0.05, 0) is 44.1 Å². The lowest BCUT2D eigenvalue weighted by Gasteiger charge is -2.37. The quantitative estimate of drug-likeness (QED) is 0.258. The van der Waals surface area contributed by atoms with Gasteiger partial charge in [0, 0.05) is 23.9 Å². The number of ether oxygens (including phenoxy) is 1. The Hall–Kier alpha value is -2.03. The summed E-state index contributed by atoms with van der Waals surface area (Å²) in [5, 5.41) is 0.102. The second-order valence-electron chi connectivity index (χ2n) is 7.03. The van der Waals surface area contributed by atoms with Crippen LogP contribution in [0.15, 0.2) is 51.3 Å². The molecule has 0 saturated carbocycles. The second-order valence-corrected chi connectivity index (χ2v) is 9.48. The van der Waals surface area contributed by atoms with Crippen molar-refractivity contribution in [3.8, 4) is 0 Å². The molecule has 1 aliphatic rings. The first-order chi connectivity index (χ1) is 14.4. The van der Waals surface area contributed by atoms with Crippen molar-refractivity contribution in [1.82, 2.24) is 4.90 Å². The average molecular weight is 450 g/mol. The van der Waals surface area contributed by atoms with Gasteiger partial charge < -0.3 is 9.15 Å². The molecule has 0 amide bonds. The van der Waals surface area contributed by atoms with E-state index in [1.165, 1.54) is 13.2 Å². The van der Waals surface area contributed by atoms with Crippen molar-refractivity contribution >= 4 is 33.8 Å². The van der Waals surface area contributed by atoms with E-state index in [4.69, 9.17) is 9.15 Å². The molecule has 0 aliphatic carbocycles. The third kappa shape index (κ3) is 5.17. The molecule has 1 fully saturated rings. The van der Waals surface area contributed by atoms with Crippen LogP contribution >= 0.6 is 21.6 Å². The summed E-state index contributed by atoms with van der Waals surface area (Å²) in [6.45, 7) is 4.80. The van der Waals surface area contributed by atoms with E-state index in [9.17, 15) is 14.0 Å². The number of rotatable bonds is 7. The molecule has 2 unspecified atom stereocenters. The Kier molecular flexibility index (Phi) is 7.80. The maximum absolute atomic E-state index is 14.4. The number of allylic oxidation sites excluding steroid dienone is 1. The third-order valence-corrected chi connectivity index (χ3v) is 7.97. The molecule has 1 saturated heterocycles. The first-order valence-corrected chi connectivity index (χ1v) is 11.8. The van der Waals surface area contributed by atoms with E-state index in [1.54, 1.807) is 45.9 Å². The summed E-state index contributed by atoms with van der Waals surface area (Å²) < 4.78 is 25.0. The van der Waals surface area contributed by atoms with Gasteiger partial charge in [-0.15, -0.1) is 0 Å². The molecule has 2 atom stereocenters. The zero-order valence-corrected chi connectivity index (χ0v) is 18.7. The minimum atomic E-state index is -0.858. The molecule has 160 valence electrons. The zero-order chi connectivity index (χ0) is 21.7. The highest BCUT2D eigenvalue weighted by Gasteiger charge is 2.35. The molecule has 0 spiro atoms. The number of esters is 1. The molecule has 5 nitrogen and oxygen atoms in total. The molecule has 1 aromatic heterocycles. The SMILES string of the molecule is COC(=O)C(c1ccccc1F)N1CCC(SSc2cc(C)oc2C)/C(=C\C=O)C1. The van der Waals surface area contributed by atoms with Crippen LogP contribution in [0.1, 0.15) is 29.5 Å². The summed E-state index contributed by atoms with van der Waals surface area (Å²) in [7, 11) is 4.58. The number of aryl methyl sites for hydroxylation is 2. The first-order valence-electron chi connectivity index (χ1n) is 9.55. The van der Waals surface area contributed by atoms with Crippen molar-refractivity contribution in [3.05, 3.63) is 64.9 Å². The number of halogens is 1. The van der Waals surface area contributed by atoms with Crippen molar-refractivity contribution in [3.63, 3.8) is 0 Å². The van der Waals surface area contributed by atoms with E-state index < -0.39 is 17.8 Å². The van der Waals surface area contributed by atoms with Gasteiger partial charge >= 0.3 is 5.97 Å². The van der Waals surface area contributed by atoms with Crippen molar-refractivity contribution < 1.29 is 23.1 Å². The predicted octanol–water partition coefficient (Wildman–Crippen LogP) is 4.89. The largest absolute Gasteiger partial charge is 0.468 e. The van der Waals surface area contributed by atoms with E-state index >= 15 is 0 Å². The van der Waals surface area contributed by atoms with Gasteiger partial charge in [-0.3, -0.25) is 9.69 Å². The fourth-order valence-corrected chi connectivity index (χ4v) is 6.43. The summed E-state index contributed by atoms with van der Waals surface area (Å²) in [6, 6.07) is 7.36. The van der Waals surface area contributed by atoms with Crippen molar-refractivity contribution in [2.75, 3.05) is 20.2 Å². The monoisotopic (exact) mass is 449 g/mol. The van der Waals surface area contributed by atoms with Gasteiger partial charge in [0.2, 0.25) is 0 Å². The molecular weight excluding hydrogens is 425 g/mol. The van der Waals surface area contributed by atoms with Gasteiger partial charge in [-0.25, -0.2) is 9.18 Å². The van der Waals surface area contributed by atoms with Crippen LogP contribution in [0.5, 0.6) is 0 Å². The molecule has 8 heteroatoms. The maximum atomic E-state index is 14.4. The van der Waals surface area contributed by atoms with Crippen molar-refractivity contribution in [2.45, 2.75) is 36.5 Å². The fourth-order valence-electron chi connectivity index (χ4n) is 3.54. The number of benzene rings is 1. The number of hydrogen-bond donors (Lipinski definition) is 0. The summed E-state index contributed by atoms with van der Waals surface area (Å²) in [6.07, 6.45) is 3.03. The summed E-state index contributed by atoms with van der Waals surface area (Å²) >= 11 is 0. The van der Waals surface area contributed by atoms with Gasteiger partial charge in [-0.2, -0.15) is 0 Å². The molecule has 2 aromatic rings. The maximum Gasteiger partial charge on any atom is 0.327 e. The molecule has 0 N–H and O–H groups in total. The Morgan fingerprint density at radius 3 is 2.77 bits per heavy atom. The van der Waals surface area contributed by atoms with Crippen LogP contribution in [0.4, 0.5) is 4.39 Å². The standard InChI is InChI=1S/C22H24FNO4S2/c1-14-12-20(15(2)28-14)30-29-19-8-10-24(13-16(19)9-11-25)21(22(26)27-3)17-6-4-5-7-18(17)23/h4-7,9,11-12,19,21H,8,10,13H2,1-3H3/b16-9-. The summed E-state index contributed by atoms with van der Waals surface area (Å²) in [5.74, 6) is 0.760. The Bertz CT molecular complexity index is 943. The smallest absolute Gasteiger partial charge is 0.327 e. The minimum Gasteiger partial charge on any atom is -0.468 e. The third-order valence-electron chi connectivity index (χ3n) is 5.00. The Morgan fingerprint density at radius 1 is 1.37 bits per heavy atom. The number of nitrogens with zero attached hydrogens (tertiary/aromatic N) is 1. The molecular formula is C22H24FNO4S2. The van der Waals surface area contributed by atoms with Crippen LogP contribution in [-0.2, 0) is 14.3 Å². The normalized spacial score (nSPS) is 19.6. The van der Waals surface area contributed by atoms with Crippen LogP contribution in [0, 0.1) is 19.7 Å². The first kappa shape index (κ1) is 22.7. The number of methoxy groups -OCH3 is 1. The Balaban J connectivity index is 1.78. The highest BCUT2D eigenvalue weighted by atomic mass is 33.1. The molecule has 1 aromatic carbocycles. The van der Waals surface area contributed by atoms with Gasteiger partial charge in [0.05, 0.1) is 12.0 Å². The lowest BCUT2D eigenvalue weighted by Crippen LogP contribution is -2.43.